The van der Waals surface area contributed by atoms with E-state index in [4.69, 9.17) is 13.6 Å². The molecule has 1 heterocycles. The van der Waals surface area contributed by atoms with Crippen LogP contribution in [0.5, 0.6) is 0 Å². The molecule has 0 aromatic rings. The summed E-state index contributed by atoms with van der Waals surface area (Å²) in [6.07, 6.45) is 5.97. The summed E-state index contributed by atoms with van der Waals surface area (Å²) in [4.78, 5) is 0. The highest BCUT2D eigenvalue weighted by Gasteiger charge is 2.23. The average Bonchev–Trinajstić information content (AvgIpc) is 2.25. The van der Waals surface area contributed by atoms with Crippen molar-refractivity contribution in [3.8, 4) is 0 Å². The van der Waals surface area contributed by atoms with Gasteiger partial charge in [0.25, 0.3) is 0 Å². The summed E-state index contributed by atoms with van der Waals surface area (Å²) < 4.78 is 16.6. The molecule has 0 aromatic carbocycles. The van der Waals surface area contributed by atoms with E-state index in [0.29, 0.717) is 6.10 Å². The average molecular weight is 220 g/mol. The molecule has 0 aliphatic carbocycles. The van der Waals surface area contributed by atoms with Gasteiger partial charge < -0.3 is 13.6 Å². The number of unbranched alkanes of at least 4 members (excludes halogenated alkanes) is 2. The summed E-state index contributed by atoms with van der Waals surface area (Å²) in [5.74, 6) is 0. The number of rotatable bonds is 6. The Morgan fingerprint density at radius 2 is 2.21 bits per heavy atom. The first kappa shape index (κ1) is 12.4. The fraction of sp³-hybridized carbons (Fsp3) is 1.00. The van der Waals surface area contributed by atoms with Crippen molar-refractivity contribution in [1.82, 2.24) is 0 Å². The molecular weight excluding hydrogens is 199 g/mol. The van der Waals surface area contributed by atoms with Crippen LogP contribution in [0, 0.1) is 0 Å². The first-order chi connectivity index (χ1) is 6.86. The highest BCUT2D eigenvalue weighted by atomic mass is 31.2. The third-order valence-corrected chi connectivity index (χ3v) is 3.53. The van der Waals surface area contributed by atoms with Crippen LogP contribution < -0.4 is 0 Å². The number of hydrogen-bond donors (Lipinski definition) is 0. The second kappa shape index (κ2) is 7.58. The van der Waals surface area contributed by atoms with E-state index in [1.165, 1.54) is 12.8 Å². The van der Waals surface area contributed by atoms with Crippen molar-refractivity contribution in [1.29, 1.82) is 0 Å². The Morgan fingerprint density at radius 3 is 2.93 bits per heavy atom. The minimum Gasteiger partial charge on any atom is -0.312 e. The molecule has 0 aromatic heterocycles. The molecule has 0 amide bonds. The summed E-state index contributed by atoms with van der Waals surface area (Å²) in [5.41, 5.74) is 0. The summed E-state index contributed by atoms with van der Waals surface area (Å²) in [5, 5.41) is 0. The largest absolute Gasteiger partial charge is 0.332 e. The molecule has 4 heteroatoms. The summed E-state index contributed by atoms with van der Waals surface area (Å²) >= 11 is 0. The van der Waals surface area contributed by atoms with Crippen LogP contribution in [-0.2, 0) is 13.6 Å². The quantitative estimate of drug-likeness (QED) is 0.505. The van der Waals surface area contributed by atoms with Crippen LogP contribution in [0.2, 0.25) is 0 Å². The van der Waals surface area contributed by atoms with E-state index >= 15 is 0 Å². The van der Waals surface area contributed by atoms with Gasteiger partial charge in [-0.05, 0) is 19.3 Å². The molecule has 0 saturated carbocycles. The lowest BCUT2D eigenvalue weighted by molar-refractivity contribution is 0.0595. The standard InChI is InChI=1S/C10H21O3P/c1-3-5-6-8-11-14-12-9-7-10(4-2)13-14/h10H,3-9H2,1-2H3. The summed E-state index contributed by atoms with van der Waals surface area (Å²) in [7, 11) is -1.03. The molecule has 2 unspecified atom stereocenters. The normalized spacial score (nSPS) is 27.9. The van der Waals surface area contributed by atoms with Gasteiger partial charge >= 0.3 is 8.60 Å². The fourth-order valence-corrected chi connectivity index (χ4v) is 2.53. The molecule has 0 bridgehead atoms. The van der Waals surface area contributed by atoms with E-state index in [1.807, 2.05) is 0 Å². The Kier molecular flexibility index (Phi) is 6.70. The van der Waals surface area contributed by atoms with Gasteiger partial charge in [0, 0.05) is 0 Å². The van der Waals surface area contributed by atoms with E-state index < -0.39 is 8.60 Å². The maximum Gasteiger partial charge on any atom is 0.332 e. The smallest absolute Gasteiger partial charge is 0.312 e. The second-order valence-electron chi connectivity index (χ2n) is 3.52. The van der Waals surface area contributed by atoms with Crippen LogP contribution in [-0.4, -0.2) is 19.3 Å². The summed E-state index contributed by atoms with van der Waals surface area (Å²) in [6.45, 7) is 5.89. The highest BCUT2D eigenvalue weighted by Crippen LogP contribution is 2.45. The zero-order valence-electron chi connectivity index (χ0n) is 9.20. The Hall–Kier alpha value is 0.310. The van der Waals surface area contributed by atoms with Crippen molar-refractivity contribution < 1.29 is 13.6 Å². The number of hydrogen-bond acceptors (Lipinski definition) is 3. The first-order valence-corrected chi connectivity index (χ1v) is 6.69. The molecule has 3 nitrogen and oxygen atoms in total. The predicted molar refractivity (Wildman–Crippen MR) is 58.1 cm³/mol. The lowest BCUT2D eigenvalue weighted by Crippen LogP contribution is -2.18. The monoisotopic (exact) mass is 220 g/mol. The third kappa shape index (κ3) is 4.70. The molecule has 0 spiro atoms. The zero-order valence-corrected chi connectivity index (χ0v) is 10.1. The van der Waals surface area contributed by atoms with Crippen LogP contribution in [0.1, 0.15) is 46.0 Å². The van der Waals surface area contributed by atoms with Gasteiger partial charge in [-0.25, -0.2) is 0 Å². The Morgan fingerprint density at radius 1 is 1.36 bits per heavy atom. The maximum absolute atomic E-state index is 5.64. The fourth-order valence-electron chi connectivity index (χ4n) is 1.30. The highest BCUT2D eigenvalue weighted by molar-refractivity contribution is 7.41. The van der Waals surface area contributed by atoms with Crippen molar-refractivity contribution >= 4 is 8.60 Å². The van der Waals surface area contributed by atoms with Gasteiger partial charge in [-0.15, -0.1) is 0 Å². The molecule has 1 fully saturated rings. The SMILES string of the molecule is CCCCCOP1OCCC(CC)O1. The topological polar surface area (TPSA) is 27.7 Å². The molecule has 2 atom stereocenters. The van der Waals surface area contributed by atoms with E-state index in [1.54, 1.807) is 0 Å². The van der Waals surface area contributed by atoms with Crippen LogP contribution in [0.25, 0.3) is 0 Å². The van der Waals surface area contributed by atoms with Crippen LogP contribution in [0.15, 0.2) is 0 Å². The van der Waals surface area contributed by atoms with Gasteiger partial charge in [0.1, 0.15) is 0 Å². The predicted octanol–water partition coefficient (Wildman–Crippen LogP) is 3.64. The Balaban J connectivity index is 2.05. The van der Waals surface area contributed by atoms with Crippen LogP contribution in [0.4, 0.5) is 0 Å². The molecule has 84 valence electrons. The van der Waals surface area contributed by atoms with E-state index in [0.717, 1.165) is 32.5 Å². The van der Waals surface area contributed by atoms with E-state index in [9.17, 15) is 0 Å². The molecule has 1 rings (SSSR count). The van der Waals surface area contributed by atoms with Crippen molar-refractivity contribution in [2.45, 2.75) is 52.1 Å². The molecule has 14 heavy (non-hydrogen) atoms. The Bertz CT molecular complexity index is 143. The summed E-state index contributed by atoms with van der Waals surface area (Å²) in [6, 6.07) is 0. The van der Waals surface area contributed by atoms with Gasteiger partial charge in [0.2, 0.25) is 0 Å². The Labute approximate surface area is 88.1 Å². The third-order valence-electron chi connectivity index (χ3n) is 2.27. The van der Waals surface area contributed by atoms with Crippen LogP contribution in [0.3, 0.4) is 0 Å². The minimum atomic E-state index is -1.03. The van der Waals surface area contributed by atoms with E-state index in [2.05, 4.69) is 13.8 Å². The van der Waals surface area contributed by atoms with Gasteiger partial charge in [0.15, 0.2) is 0 Å². The lowest BCUT2D eigenvalue weighted by atomic mass is 10.2. The van der Waals surface area contributed by atoms with Gasteiger partial charge in [-0.1, -0.05) is 26.7 Å². The first-order valence-electron chi connectivity index (χ1n) is 5.59. The van der Waals surface area contributed by atoms with E-state index in [-0.39, 0.29) is 0 Å². The lowest BCUT2D eigenvalue weighted by Gasteiger charge is -2.27. The molecule has 1 aliphatic rings. The molecular formula is C10H21O3P. The maximum atomic E-state index is 5.64. The van der Waals surface area contributed by atoms with Gasteiger partial charge in [-0.3, -0.25) is 0 Å². The minimum absolute atomic E-state index is 0.348. The van der Waals surface area contributed by atoms with Gasteiger partial charge in [-0.2, -0.15) is 0 Å². The molecule has 0 radical (unpaired) electrons. The molecule has 0 N–H and O–H groups in total. The molecule has 1 aliphatic heterocycles. The second-order valence-corrected chi connectivity index (χ2v) is 4.70. The van der Waals surface area contributed by atoms with Crippen LogP contribution >= 0.6 is 8.60 Å². The molecule has 1 saturated heterocycles. The van der Waals surface area contributed by atoms with Crippen molar-refractivity contribution in [3.05, 3.63) is 0 Å². The van der Waals surface area contributed by atoms with Crippen molar-refractivity contribution in [2.75, 3.05) is 13.2 Å². The van der Waals surface area contributed by atoms with Gasteiger partial charge in [0.05, 0.1) is 19.3 Å². The van der Waals surface area contributed by atoms with Crippen molar-refractivity contribution in [2.24, 2.45) is 0 Å². The van der Waals surface area contributed by atoms with Crippen molar-refractivity contribution in [3.63, 3.8) is 0 Å². The zero-order chi connectivity index (χ0) is 10.2.